The number of hydrogen-bond donors (Lipinski definition) is 0. The summed E-state index contributed by atoms with van der Waals surface area (Å²) >= 11 is 0. The highest BCUT2D eigenvalue weighted by molar-refractivity contribution is 7.73. The molecule has 2 aliphatic rings. The molecule has 0 spiro atoms. The van der Waals surface area contributed by atoms with Gasteiger partial charge in [-0.05, 0) is 58.9 Å². The fraction of sp³-hybridized carbons (Fsp3) is 0.333. The molecule has 0 aliphatic heterocycles. The van der Waals surface area contributed by atoms with Gasteiger partial charge in [0.2, 0.25) is 0 Å². The van der Waals surface area contributed by atoms with Gasteiger partial charge in [0.05, 0.1) is 0 Å². The summed E-state index contributed by atoms with van der Waals surface area (Å²) in [7, 11) is -2.76. The lowest BCUT2D eigenvalue weighted by molar-refractivity contribution is 0.308. The third-order valence-corrected chi connectivity index (χ3v) is 14.2. The minimum absolute atomic E-state index is 0.276. The molecule has 2 aliphatic carbocycles. The zero-order valence-corrected chi connectivity index (χ0v) is 25.4. The summed E-state index contributed by atoms with van der Waals surface area (Å²) in [6.45, 7) is 0.495. The molecule has 0 atom stereocenters. The van der Waals surface area contributed by atoms with Gasteiger partial charge in [-0.3, -0.25) is 0 Å². The van der Waals surface area contributed by atoms with Crippen LogP contribution in [0.3, 0.4) is 0 Å². The van der Waals surface area contributed by atoms with Gasteiger partial charge in [-0.2, -0.15) is 0 Å². The molecule has 0 N–H and O–H groups in total. The first-order valence-electron chi connectivity index (χ1n) is 16.0. The average Bonchev–Trinajstić information content (AvgIpc) is 3.07. The molecule has 5 aromatic carbocycles. The summed E-state index contributed by atoms with van der Waals surface area (Å²) in [5.41, 5.74) is 3.94. The molecule has 0 heterocycles. The van der Waals surface area contributed by atoms with Gasteiger partial charge in [0.25, 0.3) is 0 Å². The molecule has 214 valence electrons. The second-order valence-corrected chi connectivity index (χ2v) is 15.8. The van der Waals surface area contributed by atoms with E-state index in [4.69, 9.17) is 4.74 Å². The molecule has 0 aromatic heterocycles. The van der Waals surface area contributed by atoms with Crippen molar-refractivity contribution in [3.8, 4) is 16.9 Å². The Kier molecular flexibility index (Phi) is 7.92. The first-order chi connectivity index (χ1) is 20.7. The normalized spacial score (nSPS) is 17.0. The van der Waals surface area contributed by atoms with Gasteiger partial charge in [0, 0.05) is 27.7 Å². The molecule has 3 heteroatoms. The Morgan fingerprint density at radius 2 is 1.07 bits per heavy atom. The summed E-state index contributed by atoms with van der Waals surface area (Å²) in [6, 6.07) is 36.5. The maximum Gasteiger partial charge on any atom is 0.128 e. The predicted octanol–water partition coefficient (Wildman–Crippen LogP) is 10.9. The van der Waals surface area contributed by atoms with E-state index < -0.39 is 7.14 Å². The second kappa shape index (κ2) is 12.1. The highest BCUT2D eigenvalue weighted by Gasteiger charge is 2.44. The molecular formula is C39H41O2P. The van der Waals surface area contributed by atoms with Crippen LogP contribution in [0.2, 0.25) is 0 Å². The lowest BCUT2D eigenvalue weighted by Gasteiger charge is -2.39. The molecule has 0 bridgehead atoms. The minimum atomic E-state index is -2.76. The largest absolute Gasteiger partial charge is 0.488 e. The van der Waals surface area contributed by atoms with Crippen LogP contribution in [0.15, 0.2) is 103 Å². The van der Waals surface area contributed by atoms with Gasteiger partial charge in [-0.25, -0.2) is 0 Å². The molecule has 0 radical (unpaired) electrons. The van der Waals surface area contributed by atoms with Crippen molar-refractivity contribution < 1.29 is 9.30 Å². The monoisotopic (exact) mass is 572 g/mol. The van der Waals surface area contributed by atoms with E-state index in [0.29, 0.717) is 6.61 Å². The maximum atomic E-state index is 16.1. The van der Waals surface area contributed by atoms with Gasteiger partial charge >= 0.3 is 0 Å². The van der Waals surface area contributed by atoms with Gasteiger partial charge in [-0.15, -0.1) is 0 Å². The van der Waals surface area contributed by atoms with Gasteiger partial charge in [0.1, 0.15) is 19.5 Å². The fourth-order valence-electron chi connectivity index (χ4n) is 7.80. The highest BCUT2D eigenvalue weighted by atomic mass is 31.2. The molecule has 5 aromatic rings. The van der Waals surface area contributed by atoms with E-state index in [1.54, 1.807) is 0 Å². The van der Waals surface area contributed by atoms with Crippen molar-refractivity contribution in [2.24, 2.45) is 0 Å². The van der Waals surface area contributed by atoms with Crippen LogP contribution in [0.4, 0.5) is 0 Å². The Morgan fingerprint density at radius 1 is 0.548 bits per heavy atom. The third kappa shape index (κ3) is 5.09. The highest BCUT2D eigenvalue weighted by Crippen LogP contribution is 2.63. The molecule has 0 amide bonds. The molecule has 2 saturated carbocycles. The number of ether oxygens (including phenoxy) is 1. The van der Waals surface area contributed by atoms with Gasteiger partial charge < -0.3 is 9.30 Å². The topological polar surface area (TPSA) is 26.3 Å². The number of benzene rings is 5. The van der Waals surface area contributed by atoms with E-state index >= 15 is 4.57 Å². The zero-order valence-electron chi connectivity index (χ0n) is 24.5. The van der Waals surface area contributed by atoms with Crippen molar-refractivity contribution in [2.45, 2.75) is 82.1 Å². The Morgan fingerprint density at radius 3 is 1.69 bits per heavy atom. The molecule has 42 heavy (non-hydrogen) atoms. The Balaban J connectivity index is 1.51. The SMILES string of the molecule is O=P(c1ccc2ccccc2c1-c1c(OCc2ccccc2)ccc2ccccc12)(C1CCCCC1)C1CCCCC1. The summed E-state index contributed by atoms with van der Waals surface area (Å²) in [5, 5.41) is 5.84. The first-order valence-corrected chi connectivity index (χ1v) is 17.9. The summed E-state index contributed by atoms with van der Waals surface area (Å²) < 4.78 is 22.9. The summed E-state index contributed by atoms with van der Waals surface area (Å²) in [6.07, 6.45) is 11.7. The minimum Gasteiger partial charge on any atom is -0.488 e. The van der Waals surface area contributed by atoms with E-state index in [9.17, 15) is 0 Å². The molecule has 2 fully saturated rings. The van der Waals surface area contributed by atoms with Crippen LogP contribution in [0.5, 0.6) is 5.75 Å². The van der Waals surface area contributed by atoms with Crippen molar-refractivity contribution in [1.29, 1.82) is 0 Å². The van der Waals surface area contributed by atoms with Crippen LogP contribution < -0.4 is 10.0 Å². The van der Waals surface area contributed by atoms with Crippen molar-refractivity contribution in [2.75, 3.05) is 0 Å². The average molecular weight is 573 g/mol. The van der Waals surface area contributed by atoms with Crippen molar-refractivity contribution in [3.63, 3.8) is 0 Å². The quantitative estimate of drug-likeness (QED) is 0.181. The van der Waals surface area contributed by atoms with Crippen LogP contribution in [0.1, 0.15) is 69.8 Å². The Bertz CT molecular complexity index is 1710. The number of fused-ring (bicyclic) bond motifs is 2. The Hall–Kier alpha value is -3.35. The lowest BCUT2D eigenvalue weighted by atomic mass is 9.93. The summed E-state index contributed by atoms with van der Waals surface area (Å²) in [4.78, 5) is 0. The maximum absolute atomic E-state index is 16.1. The number of hydrogen-bond acceptors (Lipinski definition) is 2. The fourth-order valence-corrected chi connectivity index (χ4v) is 12.3. The molecule has 0 saturated heterocycles. The van der Waals surface area contributed by atoms with E-state index in [-0.39, 0.29) is 11.3 Å². The van der Waals surface area contributed by atoms with Crippen LogP contribution >= 0.6 is 7.14 Å². The standard InChI is InChI=1S/C39H41O2P/c40-42(32-18-6-2-7-19-32,33-20-8-3-9-21-33)37-27-25-31-17-11-13-23-35(31)39(37)38-34-22-12-10-16-30(34)24-26-36(38)41-28-29-14-4-1-5-15-29/h1,4-5,10-17,22-27,32-33H,2-3,6-9,18-21,28H2. The van der Waals surface area contributed by atoms with Crippen molar-refractivity contribution in [3.05, 3.63) is 109 Å². The van der Waals surface area contributed by atoms with Crippen LogP contribution in [-0.2, 0) is 11.2 Å². The molecule has 0 unspecified atom stereocenters. The van der Waals surface area contributed by atoms with Crippen LogP contribution in [-0.4, -0.2) is 11.3 Å². The molecule has 7 rings (SSSR count). The van der Waals surface area contributed by atoms with E-state index in [1.165, 1.54) is 60.1 Å². The molecule has 2 nitrogen and oxygen atoms in total. The molecular weight excluding hydrogens is 531 g/mol. The summed E-state index contributed by atoms with van der Waals surface area (Å²) in [5.74, 6) is 0.869. The lowest BCUT2D eigenvalue weighted by Crippen LogP contribution is -2.30. The van der Waals surface area contributed by atoms with Crippen LogP contribution in [0.25, 0.3) is 32.7 Å². The van der Waals surface area contributed by atoms with Crippen molar-refractivity contribution >= 4 is 34.0 Å². The van der Waals surface area contributed by atoms with Crippen LogP contribution in [0, 0.1) is 0 Å². The van der Waals surface area contributed by atoms with E-state index in [2.05, 4.69) is 97.1 Å². The van der Waals surface area contributed by atoms with E-state index in [0.717, 1.165) is 53.4 Å². The smallest absolute Gasteiger partial charge is 0.128 e. The number of rotatable bonds is 7. The third-order valence-electron chi connectivity index (χ3n) is 9.90. The van der Waals surface area contributed by atoms with E-state index in [1.807, 2.05) is 6.07 Å². The van der Waals surface area contributed by atoms with Crippen molar-refractivity contribution in [1.82, 2.24) is 0 Å². The zero-order chi connectivity index (χ0) is 28.4. The van der Waals surface area contributed by atoms with Gasteiger partial charge in [0.15, 0.2) is 0 Å². The first kappa shape index (κ1) is 27.5. The Labute approximate surface area is 250 Å². The second-order valence-electron chi connectivity index (χ2n) is 12.4. The van der Waals surface area contributed by atoms with Gasteiger partial charge in [-0.1, -0.05) is 136 Å². The predicted molar refractivity (Wildman–Crippen MR) is 179 cm³/mol.